The molecule has 0 aliphatic carbocycles. The highest BCUT2D eigenvalue weighted by Crippen LogP contribution is 2.43. The molecule has 7 rings (SSSR count). The molecular formula is C42H39N3O6. The molecule has 0 bridgehead atoms. The van der Waals surface area contributed by atoms with Gasteiger partial charge in [0.05, 0.1) is 6.61 Å². The number of hydrogen-bond acceptors (Lipinski definition) is 8. The summed E-state index contributed by atoms with van der Waals surface area (Å²) in [5.74, 6) is 2.06. The van der Waals surface area contributed by atoms with E-state index in [9.17, 15) is 4.79 Å². The van der Waals surface area contributed by atoms with Crippen molar-refractivity contribution in [3.05, 3.63) is 156 Å². The summed E-state index contributed by atoms with van der Waals surface area (Å²) in [4.78, 5) is 19.7. The summed E-state index contributed by atoms with van der Waals surface area (Å²) in [6.45, 7) is 1.01. The number of aliphatic imine (C=N–C) groups is 1. The number of benzene rings is 5. The van der Waals surface area contributed by atoms with Gasteiger partial charge >= 0.3 is 0 Å². The molecule has 5 aromatic rings. The lowest BCUT2D eigenvalue weighted by molar-refractivity contribution is -0.129. The molecule has 258 valence electrons. The van der Waals surface area contributed by atoms with E-state index in [1.54, 1.807) is 0 Å². The van der Waals surface area contributed by atoms with Gasteiger partial charge in [-0.05, 0) is 64.2 Å². The van der Waals surface area contributed by atoms with Crippen LogP contribution in [-0.4, -0.2) is 42.5 Å². The first-order valence-electron chi connectivity index (χ1n) is 17.0. The molecule has 5 aromatic carbocycles. The zero-order valence-electron chi connectivity index (χ0n) is 28.0. The predicted molar refractivity (Wildman–Crippen MR) is 196 cm³/mol. The number of nitrogens with zero attached hydrogens (tertiary/aromatic N) is 1. The molecular weight excluding hydrogens is 642 g/mol. The topological polar surface area (TPSA) is 111 Å². The van der Waals surface area contributed by atoms with Gasteiger partial charge in [0.1, 0.15) is 5.75 Å². The summed E-state index contributed by atoms with van der Waals surface area (Å²) in [5.41, 5.74) is 10.3. The molecule has 9 nitrogen and oxygen atoms in total. The van der Waals surface area contributed by atoms with Gasteiger partial charge in [0.15, 0.2) is 23.1 Å². The first kappa shape index (κ1) is 33.6. The van der Waals surface area contributed by atoms with Gasteiger partial charge in [-0.1, -0.05) is 103 Å². The number of carbonyl (C=O) groups is 1. The largest absolute Gasteiger partial charge is 0.494 e. The van der Waals surface area contributed by atoms with Crippen LogP contribution in [0.15, 0.2) is 138 Å². The SMILES string of the molecule is O=C(NNCc1ccc2c(c1)OCO2)[C@@]1(C/C=C/c2ccccc2)N=C(c2ccc(OCCCO)cc2)O[C@H]1c1ccc(-c2ccccc2)cc1. The van der Waals surface area contributed by atoms with Crippen molar-refractivity contribution in [1.29, 1.82) is 0 Å². The van der Waals surface area contributed by atoms with E-state index in [4.69, 9.17) is 29.0 Å². The summed E-state index contributed by atoms with van der Waals surface area (Å²) < 4.78 is 23.4. The van der Waals surface area contributed by atoms with E-state index in [0.29, 0.717) is 48.3 Å². The van der Waals surface area contributed by atoms with E-state index in [2.05, 4.69) is 23.0 Å². The standard InChI is InChI=1S/C42H39N3O6/c46-25-8-26-48-36-21-19-35(20-22-36)40-44-42(24-7-11-30-9-3-1-4-10-30,41(47)45-43-28-31-14-23-37-38(27-31)50-29-49-37)39(51-40)34-17-15-33(16-18-34)32-12-5-2-6-13-32/h1-7,9-23,27,39,43,46H,8,24-26,28-29H2,(H,45,47)/b11-7+/t39-,42-/m0/s1. The molecule has 1 amide bonds. The minimum absolute atomic E-state index is 0.0604. The minimum Gasteiger partial charge on any atom is -0.494 e. The number of aliphatic hydroxyl groups excluding tert-OH is 1. The van der Waals surface area contributed by atoms with Crippen molar-refractivity contribution in [3.63, 3.8) is 0 Å². The van der Waals surface area contributed by atoms with Crippen molar-refractivity contribution < 1.29 is 28.8 Å². The molecule has 3 N–H and O–H groups in total. The molecule has 0 unspecified atom stereocenters. The third kappa shape index (κ3) is 7.80. The molecule has 0 saturated heterocycles. The van der Waals surface area contributed by atoms with E-state index in [-0.39, 0.29) is 25.7 Å². The van der Waals surface area contributed by atoms with Gasteiger partial charge in [-0.25, -0.2) is 10.4 Å². The van der Waals surface area contributed by atoms with Crippen LogP contribution in [-0.2, 0) is 16.1 Å². The van der Waals surface area contributed by atoms with E-state index >= 15 is 0 Å². The summed E-state index contributed by atoms with van der Waals surface area (Å²) in [6.07, 6.45) is 4.03. The number of hydrazine groups is 1. The Morgan fingerprint density at radius 3 is 2.31 bits per heavy atom. The monoisotopic (exact) mass is 681 g/mol. The number of nitrogens with one attached hydrogen (secondary N) is 2. The number of fused-ring (bicyclic) bond motifs is 1. The molecule has 2 heterocycles. The van der Waals surface area contributed by atoms with Crippen LogP contribution in [0.3, 0.4) is 0 Å². The van der Waals surface area contributed by atoms with Crippen LogP contribution in [0.5, 0.6) is 17.2 Å². The second-order valence-corrected chi connectivity index (χ2v) is 12.3. The van der Waals surface area contributed by atoms with Crippen molar-refractivity contribution in [2.75, 3.05) is 20.0 Å². The maximum Gasteiger partial charge on any atom is 0.266 e. The van der Waals surface area contributed by atoms with Crippen molar-refractivity contribution in [1.82, 2.24) is 10.9 Å². The number of hydrogen-bond donors (Lipinski definition) is 3. The highest BCUT2D eigenvalue weighted by atomic mass is 16.7. The van der Waals surface area contributed by atoms with Gasteiger partial charge < -0.3 is 24.1 Å². The summed E-state index contributed by atoms with van der Waals surface area (Å²) in [6, 6.07) is 41.3. The molecule has 0 aromatic heterocycles. The van der Waals surface area contributed by atoms with Crippen LogP contribution >= 0.6 is 0 Å². The molecule has 0 spiro atoms. The number of ether oxygens (including phenoxy) is 4. The molecule has 2 atom stereocenters. The Hall–Kier alpha value is -5.90. The number of carbonyl (C=O) groups excluding carboxylic acids is 1. The quantitative estimate of drug-likeness (QED) is 0.0853. The fourth-order valence-electron chi connectivity index (χ4n) is 6.12. The Kier molecular flexibility index (Phi) is 10.4. The van der Waals surface area contributed by atoms with Gasteiger partial charge in [0, 0.05) is 31.6 Å². The summed E-state index contributed by atoms with van der Waals surface area (Å²) in [7, 11) is 0. The zero-order valence-corrected chi connectivity index (χ0v) is 28.0. The fraction of sp³-hybridized carbons (Fsp3) is 0.190. The van der Waals surface area contributed by atoms with E-state index < -0.39 is 11.6 Å². The van der Waals surface area contributed by atoms with Gasteiger partial charge in [0.25, 0.3) is 5.91 Å². The molecule has 0 radical (unpaired) electrons. The van der Waals surface area contributed by atoms with Crippen molar-refractivity contribution in [2.24, 2.45) is 4.99 Å². The normalized spacial score (nSPS) is 17.6. The number of aliphatic hydroxyl groups is 1. The van der Waals surface area contributed by atoms with Crippen molar-refractivity contribution in [3.8, 4) is 28.4 Å². The number of amides is 1. The fourth-order valence-corrected chi connectivity index (χ4v) is 6.12. The van der Waals surface area contributed by atoms with Crippen LogP contribution in [0.4, 0.5) is 0 Å². The second-order valence-electron chi connectivity index (χ2n) is 12.3. The Morgan fingerprint density at radius 1 is 0.843 bits per heavy atom. The highest BCUT2D eigenvalue weighted by Gasteiger charge is 2.52. The van der Waals surface area contributed by atoms with Crippen LogP contribution in [0, 0.1) is 0 Å². The molecule has 51 heavy (non-hydrogen) atoms. The molecule has 2 aliphatic rings. The second kappa shape index (κ2) is 15.8. The Morgan fingerprint density at radius 2 is 1.55 bits per heavy atom. The highest BCUT2D eigenvalue weighted by molar-refractivity contribution is 6.01. The van der Waals surface area contributed by atoms with Gasteiger partial charge in [-0.2, -0.15) is 0 Å². The van der Waals surface area contributed by atoms with Crippen LogP contribution in [0.1, 0.15) is 41.2 Å². The van der Waals surface area contributed by atoms with Gasteiger partial charge in [-0.15, -0.1) is 0 Å². The Balaban J connectivity index is 1.22. The third-order valence-corrected chi connectivity index (χ3v) is 8.82. The summed E-state index contributed by atoms with van der Waals surface area (Å²) in [5, 5.41) is 9.13. The maximum atomic E-state index is 14.6. The van der Waals surface area contributed by atoms with Crippen molar-refractivity contribution >= 4 is 17.9 Å². The average molecular weight is 682 g/mol. The van der Waals surface area contributed by atoms with Gasteiger partial charge in [0.2, 0.25) is 12.7 Å². The van der Waals surface area contributed by atoms with Crippen LogP contribution < -0.4 is 25.1 Å². The lowest BCUT2D eigenvalue weighted by atomic mass is 9.84. The van der Waals surface area contributed by atoms with Crippen molar-refractivity contribution in [2.45, 2.75) is 31.0 Å². The van der Waals surface area contributed by atoms with Crippen LogP contribution in [0.25, 0.3) is 17.2 Å². The summed E-state index contributed by atoms with van der Waals surface area (Å²) >= 11 is 0. The van der Waals surface area contributed by atoms with E-state index in [1.165, 1.54) is 0 Å². The van der Waals surface area contributed by atoms with Crippen LogP contribution in [0.2, 0.25) is 0 Å². The molecule has 9 heteroatoms. The lowest BCUT2D eigenvalue weighted by Gasteiger charge is -2.30. The number of rotatable bonds is 14. The Labute approximate surface area is 297 Å². The first-order chi connectivity index (χ1) is 25.1. The molecule has 0 saturated carbocycles. The lowest BCUT2D eigenvalue weighted by Crippen LogP contribution is -2.52. The smallest absolute Gasteiger partial charge is 0.266 e. The average Bonchev–Trinajstić information content (AvgIpc) is 3.82. The van der Waals surface area contributed by atoms with E-state index in [0.717, 1.165) is 27.8 Å². The van der Waals surface area contributed by atoms with Gasteiger partial charge in [-0.3, -0.25) is 10.2 Å². The first-order valence-corrected chi connectivity index (χ1v) is 17.0. The third-order valence-electron chi connectivity index (χ3n) is 8.82. The molecule has 2 aliphatic heterocycles. The predicted octanol–water partition coefficient (Wildman–Crippen LogP) is 7.02. The zero-order chi connectivity index (χ0) is 34.9. The minimum atomic E-state index is -1.37. The Bertz CT molecular complexity index is 1980. The maximum absolute atomic E-state index is 14.6. The van der Waals surface area contributed by atoms with E-state index in [1.807, 2.05) is 127 Å². The molecule has 0 fully saturated rings.